The van der Waals surface area contributed by atoms with Crippen molar-refractivity contribution in [2.75, 3.05) is 18.1 Å². The van der Waals surface area contributed by atoms with Gasteiger partial charge in [0.2, 0.25) is 0 Å². The summed E-state index contributed by atoms with van der Waals surface area (Å²) in [6, 6.07) is 0. The molecule has 1 saturated heterocycles. The highest BCUT2D eigenvalue weighted by Gasteiger charge is 2.15. The van der Waals surface area contributed by atoms with Gasteiger partial charge < -0.3 is 4.74 Å². The van der Waals surface area contributed by atoms with E-state index in [0.29, 0.717) is 6.61 Å². The number of carbonyl (C=O) groups is 1. The first-order valence-corrected chi connectivity index (χ1v) is 5.34. The van der Waals surface area contributed by atoms with Crippen LogP contribution in [-0.2, 0) is 9.53 Å². The van der Waals surface area contributed by atoms with Crippen LogP contribution in [0.3, 0.4) is 0 Å². The topological polar surface area (TPSA) is 26.3 Å². The van der Waals surface area contributed by atoms with E-state index in [2.05, 4.69) is 0 Å². The fourth-order valence-corrected chi connectivity index (χ4v) is 2.28. The van der Waals surface area contributed by atoms with E-state index < -0.39 is 0 Å². The lowest BCUT2D eigenvalue weighted by molar-refractivity contribution is -0.138. The van der Waals surface area contributed by atoms with E-state index in [-0.39, 0.29) is 5.97 Å². The molecule has 12 heavy (non-hydrogen) atoms. The van der Waals surface area contributed by atoms with E-state index in [9.17, 15) is 4.79 Å². The van der Waals surface area contributed by atoms with Crippen LogP contribution in [0.5, 0.6) is 0 Å². The minimum absolute atomic E-state index is 0.144. The fourth-order valence-electron chi connectivity index (χ4n) is 1.14. The lowest BCUT2D eigenvalue weighted by atomic mass is 10.1. The van der Waals surface area contributed by atoms with Gasteiger partial charge in [0.1, 0.15) is 0 Å². The third-order valence-corrected chi connectivity index (χ3v) is 2.98. The molecule has 1 aliphatic heterocycles. The Morgan fingerprint density at radius 3 is 2.92 bits per heavy atom. The Morgan fingerprint density at radius 1 is 1.67 bits per heavy atom. The Hall–Kier alpha value is -0.440. The fraction of sp³-hybridized carbons (Fsp3) is 0.667. The van der Waals surface area contributed by atoms with Crippen LogP contribution < -0.4 is 0 Å². The normalized spacial score (nSPS) is 20.8. The molecule has 0 aromatic carbocycles. The van der Waals surface area contributed by atoms with Gasteiger partial charge in [-0.05, 0) is 31.6 Å². The second-order valence-electron chi connectivity index (χ2n) is 2.75. The Balaban J connectivity index is 2.60. The maximum Gasteiger partial charge on any atom is 0.333 e. The molecule has 0 saturated carbocycles. The molecule has 68 valence electrons. The summed E-state index contributed by atoms with van der Waals surface area (Å²) in [5.74, 6) is 2.01. The van der Waals surface area contributed by atoms with Crippen molar-refractivity contribution in [1.82, 2.24) is 0 Å². The van der Waals surface area contributed by atoms with Gasteiger partial charge in [-0.3, -0.25) is 0 Å². The molecule has 3 heteroatoms. The average Bonchev–Trinajstić information content (AvgIpc) is 2.55. The van der Waals surface area contributed by atoms with Gasteiger partial charge in [-0.15, -0.1) is 0 Å². The van der Waals surface area contributed by atoms with E-state index >= 15 is 0 Å². The number of ether oxygens (including phenoxy) is 1. The zero-order chi connectivity index (χ0) is 8.97. The predicted octanol–water partition coefficient (Wildman–Crippen LogP) is 2.00. The number of carbonyl (C=O) groups excluding carboxylic acids is 1. The van der Waals surface area contributed by atoms with Gasteiger partial charge in [0, 0.05) is 11.3 Å². The van der Waals surface area contributed by atoms with E-state index in [1.165, 1.54) is 5.57 Å². The van der Waals surface area contributed by atoms with Gasteiger partial charge in [-0.2, -0.15) is 11.8 Å². The summed E-state index contributed by atoms with van der Waals surface area (Å²) in [7, 11) is 0. The van der Waals surface area contributed by atoms with Crippen molar-refractivity contribution in [2.45, 2.75) is 20.3 Å². The van der Waals surface area contributed by atoms with Crippen LogP contribution in [0, 0.1) is 0 Å². The second kappa shape index (κ2) is 4.55. The summed E-state index contributed by atoms with van der Waals surface area (Å²) in [6.45, 7) is 4.16. The first-order chi connectivity index (χ1) is 5.75. The summed E-state index contributed by atoms with van der Waals surface area (Å²) in [5, 5.41) is 0. The van der Waals surface area contributed by atoms with Crippen molar-refractivity contribution in [1.29, 1.82) is 0 Å². The quantitative estimate of drug-likeness (QED) is 0.487. The summed E-state index contributed by atoms with van der Waals surface area (Å²) in [5.41, 5.74) is 2.08. The molecule has 0 unspecified atom stereocenters. The smallest absolute Gasteiger partial charge is 0.333 e. The van der Waals surface area contributed by atoms with E-state index in [4.69, 9.17) is 4.74 Å². The Labute approximate surface area is 77.4 Å². The maximum atomic E-state index is 11.2. The largest absolute Gasteiger partial charge is 0.463 e. The SMILES string of the molecule is CCOC(=O)C(C)=C1CCSC1. The third kappa shape index (κ3) is 2.27. The molecule has 0 spiro atoms. The molecule has 1 rings (SSSR count). The van der Waals surface area contributed by atoms with E-state index in [1.807, 2.05) is 25.6 Å². The van der Waals surface area contributed by atoms with Gasteiger partial charge in [-0.1, -0.05) is 0 Å². The van der Waals surface area contributed by atoms with Crippen molar-refractivity contribution in [3.8, 4) is 0 Å². The first-order valence-electron chi connectivity index (χ1n) is 4.19. The highest BCUT2D eigenvalue weighted by molar-refractivity contribution is 7.99. The van der Waals surface area contributed by atoms with Crippen LogP contribution in [0.4, 0.5) is 0 Å². The average molecular weight is 186 g/mol. The molecule has 0 aliphatic carbocycles. The van der Waals surface area contributed by atoms with Crippen LogP contribution in [0.1, 0.15) is 20.3 Å². The number of hydrogen-bond acceptors (Lipinski definition) is 3. The molecule has 0 aromatic heterocycles. The van der Waals surface area contributed by atoms with Gasteiger partial charge >= 0.3 is 5.97 Å². The zero-order valence-electron chi connectivity index (χ0n) is 7.55. The molecule has 0 atom stereocenters. The van der Waals surface area contributed by atoms with Crippen LogP contribution in [0.25, 0.3) is 0 Å². The molecule has 0 bridgehead atoms. The first kappa shape index (κ1) is 9.65. The minimum atomic E-state index is -0.144. The molecule has 0 radical (unpaired) electrons. The second-order valence-corrected chi connectivity index (χ2v) is 3.86. The highest BCUT2D eigenvalue weighted by Crippen LogP contribution is 2.25. The number of esters is 1. The van der Waals surface area contributed by atoms with Crippen LogP contribution in [0.15, 0.2) is 11.1 Å². The Kier molecular flexibility index (Phi) is 3.66. The summed E-state index contributed by atoms with van der Waals surface area (Å²) in [6.07, 6.45) is 1.05. The van der Waals surface area contributed by atoms with Crippen LogP contribution >= 0.6 is 11.8 Å². The monoisotopic (exact) mass is 186 g/mol. The van der Waals surface area contributed by atoms with Crippen molar-refractivity contribution in [2.24, 2.45) is 0 Å². The van der Waals surface area contributed by atoms with Crippen molar-refractivity contribution in [3.63, 3.8) is 0 Å². The Bertz CT molecular complexity index is 201. The molecule has 1 heterocycles. The molecule has 1 fully saturated rings. The van der Waals surface area contributed by atoms with Crippen molar-refractivity contribution >= 4 is 17.7 Å². The standard InChI is InChI=1S/C9H14O2S/c1-3-11-9(10)7(2)8-4-5-12-6-8/h3-6H2,1-2H3. The number of thioether (sulfide) groups is 1. The summed E-state index contributed by atoms with van der Waals surface area (Å²) >= 11 is 1.88. The van der Waals surface area contributed by atoms with E-state index in [1.54, 1.807) is 0 Å². The van der Waals surface area contributed by atoms with Gasteiger partial charge in [0.25, 0.3) is 0 Å². The lowest BCUT2D eigenvalue weighted by Crippen LogP contribution is -2.07. The predicted molar refractivity (Wildman–Crippen MR) is 51.3 cm³/mol. The molecule has 1 aliphatic rings. The van der Waals surface area contributed by atoms with Gasteiger partial charge in [-0.25, -0.2) is 4.79 Å². The maximum absolute atomic E-state index is 11.2. The number of rotatable bonds is 2. The Morgan fingerprint density at radius 2 is 2.42 bits per heavy atom. The van der Waals surface area contributed by atoms with Gasteiger partial charge in [0.15, 0.2) is 0 Å². The summed E-state index contributed by atoms with van der Waals surface area (Å²) in [4.78, 5) is 11.2. The van der Waals surface area contributed by atoms with E-state index in [0.717, 1.165) is 23.5 Å². The van der Waals surface area contributed by atoms with Crippen molar-refractivity contribution in [3.05, 3.63) is 11.1 Å². The number of hydrogen-bond donors (Lipinski definition) is 0. The third-order valence-electron chi connectivity index (χ3n) is 1.94. The lowest BCUT2D eigenvalue weighted by Gasteiger charge is -2.04. The zero-order valence-corrected chi connectivity index (χ0v) is 8.37. The van der Waals surface area contributed by atoms with Crippen LogP contribution in [0.2, 0.25) is 0 Å². The van der Waals surface area contributed by atoms with Crippen LogP contribution in [-0.4, -0.2) is 24.1 Å². The highest BCUT2D eigenvalue weighted by atomic mass is 32.2. The molecule has 0 N–H and O–H groups in total. The molecular formula is C9H14O2S. The molecule has 0 amide bonds. The molecule has 0 aromatic rings. The van der Waals surface area contributed by atoms with Gasteiger partial charge in [0.05, 0.1) is 6.61 Å². The van der Waals surface area contributed by atoms with Crippen molar-refractivity contribution < 1.29 is 9.53 Å². The molecular weight excluding hydrogens is 172 g/mol. The minimum Gasteiger partial charge on any atom is -0.463 e. The molecule has 2 nitrogen and oxygen atoms in total. The summed E-state index contributed by atoms with van der Waals surface area (Å²) < 4.78 is 4.91.